The molecule has 0 aliphatic carbocycles. The Bertz CT molecular complexity index is 5140. The lowest BCUT2D eigenvalue weighted by molar-refractivity contribution is -0.146. The molecule has 766 valence electrons. The van der Waals surface area contributed by atoms with E-state index in [2.05, 4.69) is 85.1 Å². The molecule has 46 heteroatoms. The fraction of sp³-hybridized carbons (Fsp3) is 0.474. The number of benzene rings is 5. The van der Waals surface area contributed by atoms with Crippen molar-refractivity contribution in [3.63, 3.8) is 0 Å². The fourth-order valence-electron chi connectivity index (χ4n) is 14.9. The van der Waals surface area contributed by atoms with Crippen LogP contribution < -0.4 is 102 Å². The highest BCUT2D eigenvalue weighted by Crippen LogP contribution is 2.23. The van der Waals surface area contributed by atoms with Crippen molar-refractivity contribution in [2.45, 2.75) is 236 Å². The van der Waals surface area contributed by atoms with Gasteiger partial charge >= 0.3 is 11.9 Å². The first-order valence-corrected chi connectivity index (χ1v) is 46.0. The average molecular weight is 1970 g/mol. The van der Waals surface area contributed by atoms with Gasteiger partial charge in [-0.15, -0.1) is 0 Å². The number of phenols is 2. The van der Waals surface area contributed by atoms with Gasteiger partial charge in [0.2, 0.25) is 100 Å². The minimum atomic E-state index is -1.99. The third-order valence-corrected chi connectivity index (χ3v) is 22.5. The number of guanidine groups is 1. The summed E-state index contributed by atoms with van der Waals surface area (Å²) >= 11 is 0. The molecule has 17 amide bonds. The number of nitrogens with two attached hydrogens (primary N) is 3. The monoisotopic (exact) mass is 1970 g/mol. The van der Waals surface area contributed by atoms with Gasteiger partial charge in [0.25, 0.3) is 0 Å². The van der Waals surface area contributed by atoms with Crippen molar-refractivity contribution in [2.75, 3.05) is 32.8 Å². The van der Waals surface area contributed by atoms with E-state index in [1.807, 2.05) is 0 Å². The van der Waals surface area contributed by atoms with Gasteiger partial charge in [0.15, 0.2) is 5.96 Å². The number of hydrogen-bond donors (Lipinski definition) is 26. The first-order valence-electron chi connectivity index (χ1n) is 46.0. The molecular formula is C95H131N21O25. The Balaban J connectivity index is 1.22. The van der Waals surface area contributed by atoms with E-state index in [1.165, 1.54) is 69.3 Å². The Labute approximate surface area is 813 Å². The Kier molecular flexibility index (Phi) is 46.5. The Hall–Kier alpha value is -15.2. The summed E-state index contributed by atoms with van der Waals surface area (Å²) in [5, 5.41) is 108. The number of nitrogens with one attached hydrogen (secondary N) is 17. The van der Waals surface area contributed by atoms with E-state index >= 15 is 19.2 Å². The maximum Gasteiger partial charge on any atom is 0.325 e. The quantitative estimate of drug-likeness (QED) is 0.00988. The third kappa shape index (κ3) is 39.3. The molecule has 1 aliphatic heterocycles. The third-order valence-electron chi connectivity index (χ3n) is 22.5. The van der Waals surface area contributed by atoms with Crippen LogP contribution in [0.15, 0.2) is 140 Å². The summed E-state index contributed by atoms with van der Waals surface area (Å²) in [6.07, 6.45) is -3.12. The highest BCUT2D eigenvalue weighted by molar-refractivity contribution is 6.02. The van der Waals surface area contributed by atoms with E-state index in [9.17, 15) is 97.5 Å². The maximum absolute atomic E-state index is 15.2. The van der Waals surface area contributed by atoms with Gasteiger partial charge in [0.05, 0.1) is 38.6 Å². The van der Waals surface area contributed by atoms with E-state index in [-0.39, 0.29) is 99.3 Å². The van der Waals surface area contributed by atoms with E-state index in [0.717, 1.165) is 11.8 Å². The van der Waals surface area contributed by atoms with Gasteiger partial charge in [-0.1, -0.05) is 157 Å². The molecule has 0 saturated carbocycles. The van der Waals surface area contributed by atoms with Crippen LogP contribution in [-0.2, 0) is 123 Å². The highest BCUT2D eigenvalue weighted by atomic mass is 16.4. The lowest BCUT2D eigenvalue weighted by Gasteiger charge is -2.31. The number of carbonyl (C=O) groups is 19. The first kappa shape index (κ1) is 115. The molecular weight excluding hydrogens is 1840 g/mol. The molecule has 1 heterocycles. The molecule has 0 aromatic heterocycles. The van der Waals surface area contributed by atoms with Crippen molar-refractivity contribution in [1.29, 1.82) is 5.41 Å². The molecule has 141 heavy (non-hydrogen) atoms. The van der Waals surface area contributed by atoms with Crippen molar-refractivity contribution in [3.8, 4) is 11.5 Å². The minimum Gasteiger partial charge on any atom is -0.508 e. The molecule has 1 fully saturated rings. The van der Waals surface area contributed by atoms with Crippen molar-refractivity contribution in [3.05, 3.63) is 167 Å². The predicted molar refractivity (Wildman–Crippen MR) is 509 cm³/mol. The van der Waals surface area contributed by atoms with Crippen LogP contribution in [-0.4, -0.2) is 283 Å². The number of aliphatic hydroxyl groups excluding tert-OH is 2. The number of carboxylic acid groups (broad SMARTS) is 2. The number of aromatic hydroxyl groups is 2. The van der Waals surface area contributed by atoms with Crippen LogP contribution in [0.1, 0.15) is 135 Å². The van der Waals surface area contributed by atoms with Gasteiger partial charge in [-0.25, -0.2) is 0 Å². The maximum atomic E-state index is 15.2. The van der Waals surface area contributed by atoms with Crippen LogP contribution in [0.2, 0.25) is 0 Å². The predicted octanol–water partition coefficient (Wildman–Crippen LogP) is -4.70. The lowest BCUT2D eigenvalue weighted by atomic mass is 9.99. The molecule has 5 aromatic rings. The second kappa shape index (κ2) is 57.2. The Morgan fingerprint density at radius 3 is 1.16 bits per heavy atom. The molecule has 29 N–H and O–H groups in total. The summed E-state index contributed by atoms with van der Waals surface area (Å²) in [5.41, 5.74) is 19.3. The smallest absolute Gasteiger partial charge is 0.325 e. The van der Waals surface area contributed by atoms with Gasteiger partial charge in [-0.05, 0) is 122 Å². The SMILES string of the molecule is CC(C)C[C@H](NC(=O)[C@H](CC(C)C)NC(=O)[C@H](CC(N)=O)NC(=O)[C@@H](NC(=O)[C@H](Cc1ccccc1)NC(=O)[C@H](Cc1ccc(O)cc1)NC(=O)[C@H](CO)NC(=O)[C@H](Cc1ccc(O)cc1)NC(=O)[C@H](Cc1ccccc1)NC(=O)[C@@H]1CCCN1C(=O)[C@H](CC(=O)O)NC(=O)[C@H](Cc1ccccc1)NC(=O)[C@@H](N)CCCNC(=N)N)C(C)C)C(=O)NCC(=O)N[C@@H](C)C(=O)N[C@@H](CO)C(=O)N[C@@H](C)C(=O)O. The van der Waals surface area contributed by atoms with Crippen molar-refractivity contribution in [2.24, 2.45) is 35.0 Å². The van der Waals surface area contributed by atoms with Crippen LogP contribution in [0, 0.1) is 23.2 Å². The zero-order valence-corrected chi connectivity index (χ0v) is 79.6. The van der Waals surface area contributed by atoms with Crippen LogP contribution in [0.4, 0.5) is 0 Å². The summed E-state index contributed by atoms with van der Waals surface area (Å²) in [7, 11) is 0. The molecule has 0 spiro atoms. The zero-order chi connectivity index (χ0) is 104. The van der Waals surface area contributed by atoms with E-state index < -0.39 is 260 Å². The average Bonchev–Trinajstić information content (AvgIpc) is 1.68. The summed E-state index contributed by atoms with van der Waals surface area (Å²) in [4.78, 5) is 266. The summed E-state index contributed by atoms with van der Waals surface area (Å²) in [6.45, 7) is 9.34. The van der Waals surface area contributed by atoms with Crippen LogP contribution in [0.5, 0.6) is 11.5 Å². The number of likely N-dealkylation sites (tertiary alicyclic amines) is 1. The van der Waals surface area contributed by atoms with Crippen molar-refractivity contribution < 1.29 is 122 Å². The number of carboxylic acids is 2. The number of aliphatic hydroxyl groups is 2. The number of nitrogens with zero attached hydrogens (tertiary/aromatic N) is 1. The highest BCUT2D eigenvalue weighted by Gasteiger charge is 2.43. The molecule has 5 aromatic carbocycles. The normalized spacial score (nSPS) is 15.4. The van der Waals surface area contributed by atoms with Gasteiger partial charge in [-0.2, -0.15) is 0 Å². The molecule has 0 unspecified atom stereocenters. The molecule has 1 aliphatic rings. The number of amides is 17. The van der Waals surface area contributed by atoms with Crippen LogP contribution >= 0.6 is 0 Å². The Morgan fingerprint density at radius 1 is 0.390 bits per heavy atom. The fourth-order valence-corrected chi connectivity index (χ4v) is 14.9. The molecule has 6 rings (SSSR count). The second-order valence-corrected chi connectivity index (χ2v) is 35.5. The Morgan fingerprint density at radius 2 is 0.752 bits per heavy atom. The number of phenolic OH excluding ortho intramolecular Hbond substituents is 2. The van der Waals surface area contributed by atoms with Crippen molar-refractivity contribution in [1.82, 2.24) is 90.0 Å². The molecule has 0 radical (unpaired) electrons. The first-order chi connectivity index (χ1) is 66.7. The molecule has 1 saturated heterocycles. The zero-order valence-electron chi connectivity index (χ0n) is 79.6. The second-order valence-electron chi connectivity index (χ2n) is 35.5. The molecule has 0 bridgehead atoms. The number of carbonyl (C=O) groups excluding carboxylic acids is 17. The largest absolute Gasteiger partial charge is 0.508 e. The molecule has 46 nitrogen and oxygen atoms in total. The lowest BCUT2D eigenvalue weighted by Crippen LogP contribution is -2.62. The minimum absolute atomic E-state index is 0.0399. The number of rotatable bonds is 57. The van der Waals surface area contributed by atoms with Gasteiger partial charge in [-0.3, -0.25) is 96.5 Å². The topological polar surface area (TPSA) is 743 Å². The molecule has 16 atom stereocenters. The summed E-state index contributed by atoms with van der Waals surface area (Å²) in [5.74, 6) is -22.5. The standard InChI is InChI=1S/C95H131N21O25/c1-50(2)38-63(81(127)101-47-76(122)102-53(7)79(125)113-72(48-117)89(135)103-54(8)94(140)141)105-82(128)64(39-51(3)4)106-87(133)70(45-75(97)121)111-92(138)78(52(5)6)115-88(134)69(42-57-24-16-11-17-25-57)108-83(129)66(43-58-28-32-60(119)33-29-58)109-90(136)73(49-118)114-86(132)67(44-59-30-34-61(120)35-31-59)107-84(130)68(41-56-22-14-10-15-23-56)110-91(137)74-27-19-37-116(74)93(139)71(46-77(123)124)112-85(131)65(40-55-20-12-9-13-21-55)104-80(126)62(96)26-18-36-100-95(98)99/h9-17,20-25,28-35,50-54,62-74,78,117-120H,18-19,26-27,36-49,96H2,1-8H3,(H2,97,121)(H,101,127)(H,102,122)(H,103,135)(H,104,126)(H,105,128)(H,106,133)(H,107,130)(H,108,129)(H,109,136)(H,110,137)(H,111,138)(H,112,131)(H,113,125)(H,114,132)(H,115,134)(H,123,124)(H,140,141)(H4,98,99,100)/t53-,54-,62-,63-,64-,65-,66-,67-,68-,69-,70-,71-,72-,73-,74-,78-/m0/s1. The van der Waals surface area contributed by atoms with Gasteiger partial charge in [0.1, 0.15) is 102 Å². The van der Waals surface area contributed by atoms with E-state index in [0.29, 0.717) is 28.7 Å². The number of aliphatic carboxylic acids is 2. The number of primary amides is 1. The van der Waals surface area contributed by atoms with Gasteiger partial charge in [0, 0.05) is 45.2 Å². The van der Waals surface area contributed by atoms with Crippen LogP contribution in [0.25, 0.3) is 0 Å². The van der Waals surface area contributed by atoms with Gasteiger partial charge < -0.3 is 138 Å². The number of hydrogen-bond acceptors (Lipinski definition) is 25. The van der Waals surface area contributed by atoms with E-state index in [1.54, 1.807) is 119 Å². The van der Waals surface area contributed by atoms with E-state index in [4.69, 9.17) is 27.7 Å². The van der Waals surface area contributed by atoms with Crippen molar-refractivity contribution >= 4 is 118 Å². The van der Waals surface area contributed by atoms with Crippen LogP contribution in [0.3, 0.4) is 0 Å². The summed E-state index contributed by atoms with van der Waals surface area (Å²) in [6, 6.07) is 10.1. The summed E-state index contributed by atoms with van der Waals surface area (Å²) < 4.78 is 0.